The summed E-state index contributed by atoms with van der Waals surface area (Å²) in [4.78, 5) is 41.8. The van der Waals surface area contributed by atoms with E-state index >= 15 is 0 Å². The lowest BCUT2D eigenvalue weighted by atomic mass is 9.39. The number of aliphatic hydroxyl groups excluding tert-OH is 1. The zero-order valence-corrected chi connectivity index (χ0v) is 23.0. The summed E-state index contributed by atoms with van der Waals surface area (Å²) in [5, 5.41) is 24.1. The van der Waals surface area contributed by atoms with E-state index in [1.54, 1.807) is 13.8 Å². The molecule has 9 nitrogen and oxygen atoms in total. The quantitative estimate of drug-likeness (QED) is 0.414. The summed E-state index contributed by atoms with van der Waals surface area (Å²) in [6, 6.07) is 0. The molecule has 0 radical (unpaired) electrons. The van der Waals surface area contributed by atoms with Crippen molar-refractivity contribution in [2.75, 3.05) is 19.6 Å². The summed E-state index contributed by atoms with van der Waals surface area (Å²) < 4.78 is 18.5. The molecule has 4 rings (SSSR count). The molecule has 2 saturated heterocycles. The van der Waals surface area contributed by atoms with Crippen LogP contribution in [0.5, 0.6) is 0 Å². The van der Waals surface area contributed by atoms with Crippen LogP contribution >= 0.6 is 0 Å². The minimum Gasteiger partial charge on any atom is -0.457 e. The Kier molecular flexibility index (Phi) is 6.97. The zero-order valence-electron chi connectivity index (χ0n) is 23.0. The Morgan fingerprint density at radius 1 is 1.16 bits per heavy atom. The van der Waals surface area contributed by atoms with E-state index in [4.69, 9.17) is 14.2 Å². The molecular formula is C28H43NO8. The Morgan fingerprint density at radius 2 is 1.78 bits per heavy atom. The first-order valence-corrected chi connectivity index (χ1v) is 13.4. The molecule has 0 unspecified atom stereocenters. The van der Waals surface area contributed by atoms with Gasteiger partial charge in [-0.15, -0.1) is 6.58 Å². The number of fused-ring (bicyclic) bond motifs is 3. The average molecular weight is 522 g/mol. The van der Waals surface area contributed by atoms with Crippen LogP contribution in [0.25, 0.3) is 0 Å². The fraction of sp³-hybridized carbons (Fsp3) is 0.821. The third-order valence-corrected chi connectivity index (χ3v) is 9.81. The molecule has 0 aromatic carbocycles. The second-order valence-corrected chi connectivity index (χ2v) is 12.8. The number of nitrogens with zero attached hydrogens (tertiary/aromatic N) is 1. The van der Waals surface area contributed by atoms with Crippen LogP contribution in [0.2, 0.25) is 0 Å². The zero-order chi connectivity index (χ0) is 27.6. The number of rotatable bonds is 5. The monoisotopic (exact) mass is 521 g/mol. The van der Waals surface area contributed by atoms with Gasteiger partial charge in [-0.1, -0.05) is 26.8 Å². The molecule has 0 spiro atoms. The Morgan fingerprint density at radius 3 is 2.35 bits per heavy atom. The molecule has 4 fully saturated rings. The van der Waals surface area contributed by atoms with Crippen LogP contribution in [-0.4, -0.2) is 87.6 Å². The highest BCUT2D eigenvalue weighted by Gasteiger charge is 2.82. The highest BCUT2D eigenvalue weighted by molar-refractivity contribution is 5.92. The second-order valence-electron chi connectivity index (χ2n) is 12.8. The van der Waals surface area contributed by atoms with Crippen molar-refractivity contribution < 1.29 is 38.8 Å². The molecule has 2 heterocycles. The van der Waals surface area contributed by atoms with E-state index in [1.165, 1.54) is 19.9 Å². The van der Waals surface area contributed by atoms with Gasteiger partial charge in [0.1, 0.15) is 11.7 Å². The first-order chi connectivity index (χ1) is 17.1. The first-order valence-electron chi connectivity index (χ1n) is 13.4. The van der Waals surface area contributed by atoms with Crippen molar-refractivity contribution in [3.05, 3.63) is 12.7 Å². The lowest BCUT2D eigenvalue weighted by Gasteiger charge is -2.71. The van der Waals surface area contributed by atoms with Crippen LogP contribution in [0.15, 0.2) is 12.7 Å². The number of aliphatic hydroxyl groups is 2. The van der Waals surface area contributed by atoms with Crippen molar-refractivity contribution in [1.82, 2.24) is 4.90 Å². The topological polar surface area (TPSA) is 123 Å². The van der Waals surface area contributed by atoms with Gasteiger partial charge >= 0.3 is 11.9 Å². The summed E-state index contributed by atoms with van der Waals surface area (Å²) in [5.41, 5.74) is -7.28. The van der Waals surface area contributed by atoms with Gasteiger partial charge in [0.2, 0.25) is 0 Å². The van der Waals surface area contributed by atoms with Gasteiger partial charge in [-0.25, -0.2) is 0 Å². The third-order valence-electron chi connectivity index (χ3n) is 9.81. The van der Waals surface area contributed by atoms with Crippen LogP contribution in [0, 0.1) is 16.7 Å². The van der Waals surface area contributed by atoms with E-state index in [0.29, 0.717) is 12.8 Å². The van der Waals surface area contributed by atoms with E-state index < -0.39 is 69.6 Å². The predicted molar refractivity (Wildman–Crippen MR) is 134 cm³/mol. The molecule has 0 amide bonds. The van der Waals surface area contributed by atoms with Gasteiger partial charge in [-0.2, -0.15) is 0 Å². The number of hydrogen-bond donors (Lipinski definition) is 2. The summed E-state index contributed by atoms with van der Waals surface area (Å²) in [7, 11) is 0. The van der Waals surface area contributed by atoms with Crippen molar-refractivity contribution in [1.29, 1.82) is 0 Å². The first kappa shape index (κ1) is 28.2. The van der Waals surface area contributed by atoms with Gasteiger partial charge in [0.25, 0.3) is 0 Å². The SMILES string of the molecule is C=C[C@@]1(C)CC(=O)[C@]2(O)[C@@]3(C)[C@@H](O)CCC(C)(C)[C@@H]3[C@H](OC(=O)CN3CCCC3)[C@H](OC(C)=O)[C@@]2(C)O1. The number of carbonyl (C=O) groups is 3. The standard InChI is InChI=1S/C28H43NO8/c1-8-25(5)15-19(32)28(34)26(6)18(31)11-12-24(3,4)22(26)21(23(35-17(2)30)27(28,7)37-25)36-20(33)16-29-13-9-10-14-29/h8,18,21-23,31,34H,1,9-16H2,2-7H3/t18-,21-,22-,23-,25-,26-,27+,28-/m0/s1. The van der Waals surface area contributed by atoms with Gasteiger partial charge in [0.05, 0.1) is 18.2 Å². The van der Waals surface area contributed by atoms with Crippen molar-refractivity contribution in [3.8, 4) is 0 Å². The average Bonchev–Trinajstić information content (AvgIpc) is 3.29. The second kappa shape index (κ2) is 9.14. The van der Waals surface area contributed by atoms with Crippen LogP contribution in [0.3, 0.4) is 0 Å². The van der Waals surface area contributed by atoms with Crippen LogP contribution in [0.1, 0.15) is 73.6 Å². The van der Waals surface area contributed by atoms with Crippen LogP contribution in [-0.2, 0) is 28.6 Å². The van der Waals surface area contributed by atoms with E-state index in [0.717, 1.165) is 25.9 Å². The molecule has 37 heavy (non-hydrogen) atoms. The molecule has 9 heteroatoms. The number of hydrogen-bond acceptors (Lipinski definition) is 9. The third kappa shape index (κ3) is 4.08. The largest absolute Gasteiger partial charge is 0.457 e. The molecule has 0 aromatic rings. The molecule has 2 saturated carbocycles. The summed E-state index contributed by atoms with van der Waals surface area (Å²) in [5.74, 6) is -2.37. The van der Waals surface area contributed by atoms with E-state index in [2.05, 4.69) is 6.58 Å². The smallest absolute Gasteiger partial charge is 0.320 e. The number of esters is 2. The Hall–Kier alpha value is -1.81. The minimum atomic E-state index is -2.23. The van der Waals surface area contributed by atoms with Gasteiger partial charge < -0.3 is 24.4 Å². The fourth-order valence-electron chi connectivity index (χ4n) is 8.05. The number of ketones is 1. The molecular weight excluding hydrogens is 478 g/mol. The maximum atomic E-state index is 14.0. The molecule has 8 atom stereocenters. The summed E-state index contributed by atoms with van der Waals surface area (Å²) in [6.45, 7) is 15.6. The fourth-order valence-corrected chi connectivity index (χ4v) is 8.05. The van der Waals surface area contributed by atoms with E-state index in [-0.39, 0.29) is 13.0 Å². The Balaban J connectivity index is 1.91. The van der Waals surface area contributed by atoms with Gasteiger partial charge in [0, 0.05) is 24.7 Å². The van der Waals surface area contributed by atoms with Gasteiger partial charge in [0.15, 0.2) is 17.5 Å². The number of carbonyl (C=O) groups excluding carboxylic acids is 3. The lowest BCUT2D eigenvalue weighted by molar-refractivity contribution is -0.371. The predicted octanol–water partition coefficient (Wildman–Crippen LogP) is 2.17. The van der Waals surface area contributed by atoms with Crippen LogP contribution < -0.4 is 0 Å². The molecule has 208 valence electrons. The highest BCUT2D eigenvalue weighted by Crippen LogP contribution is 2.67. The molecule has 0 aromatic heterocycles. The van der Waals surface area contributed by atoms with E-state index in [1.807, 2.05) is 18.7 Å². The Labute approximate surface area is 219 Å². The van der Waals surface area contributed by atoms with Crippen LogP contribution in [0.4, 0.5) is 0 Å². The van der Waals surface area contributed by atoms with E-state index in [9.17, 15) is 24.6 Å². The summed E-state index contributed by atoms with van der Waals surface area (Å²) >= 11 is 0. The molecule has 4 aliphatic rings. The van der Waals surface area contributed by atoms with Crippen molar-refractivity contribution >= 4 is 17.7 Å². The van der Waals surface area contributed by atoms with Gasteiger partial charge in [-0.05, 0) is 58.0 Å². The van der Waals surface area contributed by atoms with Crippen molar-refractivity contribution in [3.63, 3.8) is 0 Å². The number of likely N-dealkylation sites (tertiary alicyclic amines) is 1. The maximum Gasteiger partial charge on any atom is 0.320 e. The highest BCUT2D eigenvalue weighted by atomic mass is 16.6. The lowest BCUT2D eigenvalue weighted by Crippen LogP contribution is -2.87. The van der Waals surface area contributed by atoms with Crippen molar-refractivity contribution in [2.45, 2.75) is 109 Å². The molecule has 2 N–H and O–H groups in total. The minimum absolute atomic E-state index is 0.0842. The molecule has 2 aliphatic heterocycles. The summed E-state index contributed by atoms with van der Waals surface area (Å²) in [6.07, 6.45) is 0.790. The van der Waals surface area contributed by atoms with Crippen molar-refractivity contribution in [2.24, 2.45) is 16.7 Å². The van der Waals surface area contributed by atoms with Gasteiger partial charge in [-0.3, -0.25) is 19.3 Å². The molecule has 0 bridgehead atoms. The number of Topliss-reactive ketones (excluding diaryl/α,β-unsaturated/α-hetero) is 1. The normalized spacial score (nSPS) is 45.5. The maximum absolute atomic E-state index is 14.0. The molecule has 2 aliphatic carbocycles. The number of ether oxygens (including phenoxy) is 3. The Bertz CT molecular complexity index is 975.